The fourth-order valence-corrected chi connectivity index (χ4v) is 2.43. The number of benzene rings is 1. The third-order valence-electron chi connectivity index (χ3n) is 3.76. The fourth-order valence-electron chi connectivity index (χ4n) is 2.43. The van der Waals surface area contributed by atoms with Crippen molar-refractivity contribution in [3.8, 4) is 5.75 Å². The van der Waals surface area contributed by atoms with Crippen LogP contribution < -0.4 is 10.1 Å². The number of rotatable bonds is 6. The summed E-state index contributed by atoms with van der Waals surface area (Å²) in [6.07, 6.45) is 1.15. The Morgan fingerprint density at radius 2 is 1.78 bits per heavy atom. The molecule has 1 rings (SSSR count). The van der Waals surface area contributed by atoms with E-state index in [-0.39, 0.29) is 0 Å². The lowest BCUT2D eigenvalue weighted by atomic mass is 9.84. The quantitative estimate of drug-likeness (QED) is 0.830. The number of nitrogens with one attached hydrogen (secondary N) is 1. The van der Waals surface area contributed by atoms with Gasteiger partial charge in [0, 0.05) is 0 Å². The van der Waals surface area contributed by atoms with Crippen LogP contribution >= 0.6 is 0 Å². The SMILES string of the molecule is CNCCC(c1cc(C)c(C)cc1OC)C(C)C. The van der Waals surface area contributed by atoms with Gasteiger partial charge in [-0.25, -0.2) is 0 Å². The van der Waals surface area contributed by atoms with Crippen molar-refractivity contribution < 1.29 is 4.74 Å². The molecule has 0 saturated carbocycles. The molecule has 1 N–H and O–H groups in total. The van der Waals surface area contributed by atoms with E-state index in [1.165, 1.54) is 16.7 Å². The van der Waals surface area contributed by atoms with Gasteiger partial charge in [-0.05, 0) is 68.5 Å². The van der Waals surface area contributed by atoms with Crippen LogP contribution in [0.3, 0.4) is 0 Å². The summed E-state index contributed by atoms with van der Waals surface area (Å²) < 4.78 is 5.57. The molecule has 102 valence electrons. The van der Waals surface area contributed by atoms with Gasteiger partial charge in [-0.3, -0.25) is 0 Å². The summed E-state index contributed by atoms with van der Waals surface area (Å²) in [4.78, 5) is 0. The summed E-state index contributed by atoms with van der Waals surface area (Å²) >= 11 is 0. The molecule has 0 aliphatic rings. The van der Waals surface area contributed by atoms with Crippen molar-refractivity contribution in [1.29, 1.82) is 0 Å². The highest BCUT2D eigenvalue weighted by molar-refractivity contribution is 5.44. The third-order valence-corrected chi connectivity index (χ3v) is 3.76. The molecular formula is C16H27NO. The van der Waals surface area contributed by atoms with E-state index < -0.39 is 0 Å². The average Bonchev–Trinajstić information content (AvgIpc) is 2.33. The Kier molecular flexibility index (Phi) is 5.67. The summed E-state index contributed by atoms with van der Waals surface area (Å²) in [5.74, 6) is 2.20. The Bertz CT molecular complexity index is 385. The Hall–Kier alpha value is -1.02. The Morgan fingerprint density at radius 3 is 2.28 bits per heavy atom. The van der Waals surface area contributed by atoms with Crippen LogP contribution in [0.4, 0.5) is 0 Å². The molecule has 1 aromatic carbocycles. The topological polar surface area (TPSA) is 21.3 Å². The molecule has 0 amide bonds. The van der Waals surface area contributed by atoms with Crippen molar-refractivity contribution in [2.24, 2.45) is 5.92 Å². The average molecular weight is 249 g/mol. The zero-order valence-electron chi connectivity index (χ0n) is 12.6. The highest BCUT2D eigenvalue weighted by Crippen LogP contribution is 2.35. The first-order valence-electron chi connectivity index (χ1n) is 6.81. The van der Waals surface area contributed by atoms with Crippen molar-refractivity contribution in [2.75, 3.05) is 20.7 Å². The molecule has 1 atom stereocenters. The molecule has 2 heteroatoms. The lowest BCUT2D eigenvalue weighted by molar-refractivity contribution is 0.387. The Morgan fingerprint density at radius 1 is 1.17 bits per heavy atom. The monoisotopic (exact) mass is 249 g/mol. The van der Waals surface area contributed by atoms with E-state index in [1.807, 2.05) is 7.05 Å². The van der Waals surface area contributed by atoms with E-state index in [0.29, 0.717) is 11.8 Å². The number of hydrogen-bond acceptors (Lipinski definition) is 2. The van der Waals surface area contributed by atoms with Crippen molar-refractivity contribution >= 4 is 0 Å². The van der Waals surface area contributed by atoms with E-state index >= 15 is 0 Å². The van der Waals surface area contributed by atoms with Crippen LogP contribution in [-0.2, 0) is 0 Å². The van der Waals surface area contributed by atoms with Gasteiger partial charge in [-0.2, -0.15) is 0 Å². The number of hydrogen-bond donors (Lipinski definition) is 1. The molecule has 0 heterocycles. The van der Waals surface area contributed by atoms with Crippen LogP contribution in [0.2, 0.25) is 0 Å². The molecule has 1 unspecified atom stereocenters. The minimum absolute atomic E-state index is 0.548. The second-order valence-corrected chi connectivity index (χ2v) is 5.42. The molecule has 0 spiro atoms. The van der Waals surface area contributed by atoms with E-state index in [4.69, 9.17) is 4.74 Å². The highest BCUT2D eigenvalue weighted by Gasteiger charge is 2.20. The van der Waals surface area contributed by atoms with Gasteiger partial charge in [0.25, 0.3) is 0 Å². The van der Waals surface area contributed by atoms with Crippen LogP contribution in [0, 0.1) is 19.8 Å². The van der Waals surface area contributed by atoms with Crippen LogP contribution in [0.1, 0.15) is 42.9 Å². The van der Waals surface area contributed by atoms with E-state index in [2.05, 4.69) is 45.1 Å². The van der Waals surface area contributed by atoms with E-state index in [9.17, 15) is 0 Å². The first kappa shape index (κ1) is 15.0. The summed E-state index contributed by atoms with van der Waals surface area (Å²) in [5, 5.41) is 3.25. The summed E-state index contributed by atoms with van der Waals surface area (Å²) in [5.41, 5.74) is 4.00. The maximum Gasteiger partial charge on any atom is 0.122 e. The summed E-state index contributed by atoms with van der Waals surface area (Å²) in [6.45, 7) is 9.93. The molecule has 0 aliphatic carbocycles. The van der Waals surface area contributed by atoms with Crippen LogP contribution in [0.25, 0.3) is 0 Å². The summed E-state index contributed by atoms with van der Waals surface area (Å²) in [6, 6.07) is 4.47. The van der Waals surface area contributed by atoms with Crippen molar-refractivity contribution in [3.05, 3.63) is 28.8 Å². The van der Waals surface area contributed by atoms with Gasteiger partial charge in [0.2, 0.25) is 0 Å². The maximum absolute atomic E-state index is 5.57. The van der Waals surface area contributed by atoms with Crippen molar-refractivity contribution in [1.82, 2.24) is 5.32 Å². The third kappa shape index (κ3) is 3.49. The number of ether oxygens (including phenoxy) is 1. The Labute approximate surface area is 112 Å². The second-order valence-electron chi connectivity index (χ2n) is 5.42. The zero-order chi connectivity index (χ0) is 13.7. The zero-order valence-corrected chi connectivity index (χ0v) is 12.6. The minimum Gasteiger partial charge on any atom is -0.496 e. The molecule has 18 heavy (non-hydrogen) atoms. The predicted octanol–water partition coefficient (Wildman–Crippen LogP) is 3.66. The van der Waals surface area contributed by atoms with Crippen molar-refractivity contribution in [2.45, 2.75) is 40.0 Å². The van der Waals surface area contributed by atoms with Crippen LogP contribution in [0.5, 0.6) is 5.75 Å². The lowest BCUT2D eigenvalue weighted by Crippen LogP contribution is -2.16. The number of methoxy groups -OCH3 is 1. The second kappa shape index (κ2) is 6.79. The lowest BCUT2D eigenvalue weighted by Gasteiger charge is -2.24. The smallest absolute Gasteiger partial charge is 0.122 e. The van der Waals surface area contributed by atoms with Gasteiger partial charge in [0.15, 0.2) is 0 Å². The molecule has 0 bridgehead atoms. The predicted molar refractivity (Wildman–Crippen MR) is 78.6 cm³/mol. The van der Waals surface area contributed by atoms with Gasteiger partial charge in [0.05, 0.1) is 7.11 Å². The molecule has 0 radical (unpaired) electrons. The van der Waals surface area contributed by atoms with Gasteiger partial charge < -0.3 is 10.1 Å². The molecule has 0 aliphatic heterocycles. The molecule has 2 nitrogen and oxygen atoms in total. The molecule has 0 saturated heterocycles. The highest BCUT2D eigenvalue weighted by atomic mass is 16.5. The minimum atomic E-state index is 0.548. The molecule has 0 fully saturated rings. The number of aryl methyl sites for hydroxylation is 2. The maximum atomic E-state index is 5.57. The standard InChI is InChI=1S/C16H27NO/c1-11(2)14(7-8-17-5)15-9-12(3)13(4)10-16(15)18-6/h9-11,14,17H,7-8H2,1-6H3. The molecule has 1 aromatic rings. The summed E-state index contributed by atoms with van der Waals surface area (Å²) in [7, 11) is 3.78. The largest absolute Gasteiger partial charge is 0.496 e. The Balaban J connectivity index is 3.13. The van der Waals surface area contributed by atoms with Crippen molar-refractivity contribution in [3.63, 3.8) is 0 Å². The van der Waals surface area contributed by atoms with Gasteiger partial charge in [-0.15, -0.1) is 0 Å². The van der Waals surface area contributed by atoms with E-state index in [0.717, 1.165) is 18.7 Å². The fraction of sp³-hybridized carbons (Fsp3) is 0.625. The van der Waals surface area contributed by atoms with Crippen LogP contribution in [0.15, 0.2) is 12.1 Å². The van der Waals surface area contributed by atoms with Gasteiger partial charge in [-0.1, -0.05) is 19.9 Å². The first-order chi connectivity index (χ1) is 8.51. The normalized spacial score (nSPS) is 12.8. The van der Waals surface area contributed by atoms with Gasteiger partial charge >= 0.3 is 0 Å². The molecular weight excluding hydrogens is 222 g/mol. The van der Waals surface area contributed by atoms with Crippen LogP contribution in [-0.4, -0.2) is 20.7 Å². The van der Waals surface area contributed by atoms with Gasteiger partial charge in [0.1, 0.15) is 5.75 Å². The first-order valence-corrected chi connectivity index (χ1v) is 6.81. The molecule has 0 aromatic heterocycles. The van der Waals surface area contributed by atoms with E-state index in [1.54, 1.807) is 7.11 Å².